The summed E-state index contributed by atoms with van der Waals surface area (Å²) in [6.45, 7) is 16.6. The van der Waals surface area contributed by atoms with Gasteiger partial charge in [-0.3, -0.25) is 0 Å². The zero-order valence-corrected chi connectivity index (χ0v) is 21.9. The lowest BCUT2D eigenvalue weighted by Crippen LogP contribution is -2.41. The highest BCUT2D eigenvalue weighted by molar-refractivity contribution is 7.23. The second-order valence-corrected chi connectivity index (χ2v) is 12.6. The highest BCUT2D eigenvalue weighted by atomic mass is 32.1. The first-order valence-corrected chi connectivity index (χ1v) is 12.7. The molecule has 2 fully saturated rings. The van der Waals surface area contributed by atoms with Gasteiger partial charge < -0.3 is 18.6 Å². The Morgan fingerprint density at radius 3 is 1.19 bits per heavy atom. The predicted octanol–water partition coefficient (Wildman–Crippen LogP) is 6.77. The minimum atomic E-state index is -0.320. The van der Waals surface area contributed by atoms with E-state index in [9.17, 15) is 0 Å². The zero-order valence-electron chi connectivity index (χ0n) is 20.2. The zero-order chi connectivity index (χ0) is 23.4. The maximum atomic E-state index is 6.04. The fourth-order valence-corrected chi connectivity index (χ4v) is 5.36. The van der Waals surface area contributed by atoms with Crippen molar-refractivity contribution in [2.45, 2.75) is 77.8 Å². The molecule has 2 aliphatic heterocycles. The van der Waals surface area contributed by atoms with Crippen molar-refractivity contribution in [2.24, 2.45) is 0 Å². The average molecular weight is 470 g/mol. The Morgan fingerprint density at radius 2 is 0.875 bits per heavy atom. The summed E-state index contributed by atoms with van der Waals surface area (Å²) in [7, 11) is -0.641. The monoisotopic (exact) mass is 470 g/mol. The Kier molecular flexibility index (Phi) is 6.19. The average Bonchev–Trinajstić information content (AvgIpc) is 3.38. The van der Waals surface area contributed by atoms with Crippen LogP contribution in [-0.2, 0) is 18.6 Å². The molecule has 2 aromatic rings. The summed E-state index contributed by atoms with van der Waals surface area (Å²) in [4.78, 5) is 4.85. The lowest BCUT2D eigenvalue weighted by molar-refractivity contribution is 0.00578. The number of rotatable bonds is 5. The Bertz CT molecular complexity index is 918. The van der Waals surface area contributed by atoms with Crippen LogP contribution in [0.1, 0.15) is 65.1 Å². The van der Waals surface area contributed by atoms with Gasteiger partial charge in [-0.1, -0.05) is 24.1 Å². The molecule has 170 valence electrons. The van der Waals surface area contributed by atoms with E-state index in [0.717, 1.165) is 0 Å². The molecule has 0 unspecified atom stereocenters. The maximum absolute atomic E-state index is 6.04. The fraction of sp³-hybridized carbons (Fsp3) is 0.500. The van der Waals surface area contributed by atoms with Crippen LogP contribution in [0.5, 0.6) is 0 Å². The van der Waals surface area contributed by atoms with Crippen LogP contribution in [0.3, 0.4) is 0 Å². The van der Waals surface area contributed by atoms with Crippen LogP contribution < -0.4 is 0 Å². The molecule has 8 heteroatoms. The SMILES string of the molecule is CC1(C)OB(C=Cc2ccc(-c3ccc(C=CB4OC(C)(C)C(C)(C)O4)s3)s2)OC1(C)C. The van der Waals surface area contributed by atoms with E-state index in [1.54, 1.807) is 22.7 Å². The Hall–Kier alpha value is -1.15. The number of hydrogen-bond donors (Lipinski definition) is 0. The van der Waals surface area contributed by atoms with Crippen LogP contribution >= 0.6 is 22.7 Å². The third kappa shape index (κ3) is 4.72. The van der Waals surface area contributed by atoms with E-state index in [-0.39, 0.29) is 36.6 Å². The van der Waals surface area contributed by atoms with Crippen LogP contribution in [0.4, 0.5) is 0 Å². The molecule has 4 heterocycles. The minimum absolute atomic E-state index is 0.316. The summed E-state index contributed by atoms with van der Waals surface area (Å²) in [5, 5.41) is 0. The number of thiophene rings is 2. The second kappa shape index (κ2) is 8.26. The van der Waals surface area contributed by atoms with Crippen molar-refractivity contribution >= 4 is 49.1 Å². The van der Waals surface area contributed by atoms with Crippen molar-refractivity contribution in [1.29, 1.82) is 0 Å². The summed E-state index contributed by atoms with van der Waals surface area (Å²) in [6.07, 6.45) is 4.17. The topological polar surface area (TPSA) is 36.9 Å². The van der Waals surface area contributed by atoms with E-state index in [1.165, 1.54) is 19.5 Å². The van der Waals surface area contributed by atoms with Gasteiger partial charge in [0.05, 0.1) is 22.4 Å². The molecule has 2 aromatic heterocycles. The first-order chi connectivity index (χ1) is 14.8. The first kappa shape index (κ1) is 24.0. The minimum Gasteiger partial charge on any atom is -0.400 e. The second-order valence-electron chi connectivity index (χ2n) is 10.4. The van der Waals surface area contributed by atoms with Gasteiger partial charge in [-0.15, -0.1) is 22.7 Å². The molecule has 32 heavy (non-hydrogen) atoms. The van der Waals surface area contributed by atoms with E-state index < -0.39 is 0 Å². The van der Waals surface area contributed by atoms with E-state index in [2.05, 4.69) is 91.8 Å². The van der Waals surface area contributed by atoms with Crippen LogP contribution in [0.15, 0.2) is 36.2 Å². The molecular weight excluding hydrogens is 438 g/mol. The van der Waals surface area contributed by atoms with Crippen molar-refractivity contribution < 1.29 is 18.6 Å². The molecule has 2 saturated heterocycles. The third-order valence-electron chi connectivity index (χ3n) is 6.87. The molecule has 0 bridgehead atoms. The summed E-state index contributed by atoms with van der Waals surface area (Å²) >= 11 is 3.53. The summed E-state index contributed by atoms with van der Waals surface area (Å²) in [5.74, 6) is 4.00. The Balaban J connectivity index is 1.39. The van der Waals surface area contributed by atoms with Crippen LogP contribution in [-0.4, -0.2) is 36.6 Å². The van der Waals surface area contributed by atoms with E-state index in [1.807, 2.05) is 12.0 Å². The standard InChI is InChI=1S/C24H32B2O4S2/c1-21(2)22(3,4)28-25(27-21)15-13-17-9-11-19(31-17)20-12-10-18(32-20)14-16-26-29-23(5,6)24(7,8)30-26/h9-16H,1-8H3. The van der Waals surface area contributed by atoms with Gasteiger partial charge in [0.25, 0.3) is 0 Å². The maximum Gasteiger partial charge on any atom is 0.487 e. The molecule has 0 amide bonds. The lowest BCUT2D eigenvalue weighted by atomic mass is 9.90. The number of hydrogen-bond acceptors (Lipinski definition) is 6. The molecule has 0 atom stereocenters. The molecule has 0 N–H and O–H groups in total. The first-order valence-electron chi connectivity index (χ1n) is 11.1. The molecule has 0 radical (unpaired) electrons. The summed E-state index contributed by atoms with van der Waals surface area (Å²) in [6, 6.07) is 8.62. The Labute approximate surface area is 200 Å². The van der Waals surface area contributed by atoms with Crippen molar-refractivity contribution in [3.8, 4) is 9.75 Å². The van der Waals surface area contributed by atoms with Gasteiger partial charge >= 0.3 is 14.2 Å². The van der Waals surface area contributed by atoms with Gasteiger partial charge in [0.2, 0.25) is 0 Å². The van der Waals surface area contributed by atoms with Crippen LogP contribution in [0.2, 0.25) is 0 Å². The van der Waals surface area contributed by atoms with Gasteiger partial charge in [0.15, 0.2) is 0 Å². The van der Waals surface area contributed by atoms with Crippen LogP contribution in [0.25, 0.3) is 21.9 Å². The smallest absolute Gasteiger partial charge is 0.400 e. The lowest BCUT2D eigenvalue weighted by Gasteiger charge is -2.32. The van der Waals surface area contributed by atoms with Crippen molar-refractivity contribution in [3.05, 3.63) is 46.0 Å². The molecule has 2 aliphatic rings. The molecule has 4 nitrogen and oxygen atoms in total. The third-order valence-corrected chi connectivity index (χ3v) is 9.17. The summed E-state index contributed by atoms with van der Waals surface area (Å²) < 4.78 is 24.2. The molecular formula is C24H32B2O4S2. The quantitative estimate of drug-likeness (QED) is 0.453. The van der Waals surface area contributed by atoms with Crippen molar-refractivity contribution in [2.75, 3.05) is 0 Å². The molecule has 0 saturated carbocycles. The predicted molar refractivity (Wildman–Crippen MR) is 138 cm³/mol. The summed E-state index contributed by atoms with van der Waals surface area (Å²) in [5.41, 5.74) is -1.26. The largest absolute Gasteiger partial charge is 0.487 e. The van der Waals surface area contributed by atoms with Crippen LogP contribution in [0, 0.1) is 0 Å². The normalized spacial score (nSPS) is 23.8. The fourth-order valence-electron chi connectivity index (χ4n) is 3.43. The molecule has 0 aromatic carbocycles. The van der Waals surface area contributed by atoms with Gasteiger partial charge in [-0.25, -0.2) is 0 Å². The highest BCUT2D eigenvalue weighted by Crippen LogP contribution is 2.39. The van der Waals surface area contributed by atoms with Gasteiger partial charge in [-0.2, -0.15) is 0 Å². The van der Waals surface area contributed by atoms with E-state index in [4.69, 9.17) is 18.6 Å². The van der Waals surface area contributed by atoms with Crippen molar-refractivity contribution in [1.82, 2.24) is 0 Å². The molecule has 0 spiro atoms. The van der Waals surface area contributed by atoms with Gasteiger partial charge in [0.1, 0.15) is 0 Å². The van der Waals surface area contributed by atoms with Gasteiger partial charge in [0, 0.05) is 19.5 Å². The highest BCUT2D eigenvalue weighted by Gasteiger charge is 2.50. The molecule has 0 aliphatic carbocycles. The molecule has 4 rings (SSSR count). The van der Waals surface area contributed by atoms with E-state index >= 15 is 0 Å². The van der Waals surface area contributed by atoms with E-state index in [0.29, 0.717) is 0 Å². The Morgan fingerprint density at radius 1 is 0.562 bits per heavy atom. The van der Waals surface area contributed by atoms with Gasteiger partial charge in [-0.05, 0) is 79.7 Å². The van der Waals surface area contributed by atoms with Crippen molar-refractivity contribution in [3.63, 3.8) is 0 Å².